The summed E-state index contributed by atoms with van der Waals surface area (Å²) >= 11 is 12.2. The van der Waals surface area contributed by atoms with Gasteiger partial charge in [0, 0.05) is 23.5 Å². The highest BCUT2D eigenvalue weighted by Crippen LogP contribution is 2.22. The zero-order valence-corrected chi connectivity index (χ0v) is 22.0. The lowest BCUT2D eigenvalue weighted by atomic mass is 10.1. The van der Waals surface area contributed by atoms with Crippen molar-refractivity contribution in [3.63, 3.8) is 0 Å². The van der Waals surface area contributed by atoms with Gasteiger partial charge in [-0.3, -0.25) is 0 Å². The van der Waals surface area contributed by atoms with Crippen LogP contribution in [-0.2, 0) is 9.47 Å². The van der Waals surface area contributed by atoms with Crippen molar-refractivity contribution in [1.82, 2.24) is 9.97 Å². The van der Waals surface area contributed by atoms with Gasteiger partial charge in [-0.25, -0.2) is 19.6 Å². The zero-order valence-electron chi connectivity index (χ0n) is 20.5. The molecule has 3 rings (SSSR count). The van der Waals surface area contributed by atoms with Gasteiger partial charge in [0.2, 0.25) is 0 Å². The average molecular weight is 529 g/mol. The molecule has 6 nitrogen and oxygen atoms in total. The lowest BCUT2D eigenvalue weighted by molar-refractivity contribution is 0.0493. The van der Waals surface area contributed by atoms with E-state index < -0.39 is 11.9 Å². The molecule has 0 amide bonds. The van der Waals surface area contributed by atoms with Crippen molar-refractivity contribution in [2.75, 3.05) is 13.2 Å². The maximum Gasteiger partial charge on any atom is 0.338 e. The van der Waals surface area contributed by atoms with Crippen LogP contribution in [0.3, 0.4) is 0 Å². The number of benzene rings is 2. The summed E-state index contributed by atoms with van der Waals surface area (Å²) < 4.78 is 10.6. The van der Waals surface area contributed by atoms with Crippen LogP contribution in [0, 0.1) is 0 Å². The van der Waals surface area contributed by atoms with Crippen LogP contribution >= 0.6 is 23.2 Å². The van der Waals surface area contributed by atoms with Crippen molar-refractivity contribution in [1.29, 1.82) is 0 Å². The first-order valence-electron chi connectivity index (χ1n) is 12.1. The Balaban J connectivity index is 1.59. The molecule has 3 aromatic rings. The van der Waals surface area contributed by atoms with Crippen LogP contribution in [0.5, 0.6) is 0 Å². The fraction of sp³-hybridized carbons (Fsp3) is 0.357. The fourth-order valence-corrected chi connectivity index (χ4v) is 4.03. The summed E-state index contributed by atoms with van der Waals surface area (Å²) in [5, 5.41) is -0.350. The second-order valence-electron chi connectivity index (χ2n) is 8.42. The van der Waals surface area contributed by atoms with Gasteiger partial charge in [0.25, 0.3) is 0 Å². The number of hydrogen-bond acceptors (Lipinski definition) is 6. The minimum absolute atomic E-state index is 0.173. The van der Waals surface area contributed by atoms with Gasteiger partial charge in [0.15, 0.2) is 5.82 Å². The van der Waals surface area contributed by atoms with Crippen LogP contribution in [0.25, 0.3) is 22.5 Å². The van der Waals surface area contributed by atoms with Gasteiger partial charge in [-0.1, -0.05) is 51.0 Å². The summed E-state index contributed by atoms with van der Waals surface area (Å²) in [6.45, 7) is 4.45. The smallest absolute Gasteiger partial charge is 0.338 e. The van der Waals surface area contributed by atoms with Gasteiger partial charge in [0.1, 0.15) is 13.2 Å². The molecule has 36 heavy (non-hydrogen) atoms. The number of carbonyl (C=O) groups is 2. The van der Waals surface area contributed by atoms with E-state index >= 15 is 0 Å². The fourth-order valence-electron chi connectivity index (χ4n) is 3.47. The minimum atomic E-state index is -0.407. The highest BCUT2D eigenvalue weighted by molar-refractivity contribution is 6.21. The van der Waals surface area contributed by atoms with E-state index in [1.54, 1.807) is 48.8 Å². The van der Waals surface area contributed by atoms with E-state index in [9.17, 15) is 9.59 Å². The molecule has 8 heteroatoms. The van der Waals surface area contributed by atoms with Crippen molar-refractivity contribution in [2.45, 2.75) is 50.3 Å². The largest absolute Gasteiger partial charge is 0.461 e. The van der Waals surface area contributed by atoms with E-state index in [4.69, 9.17) is 32.7 Å². The van der Waals surface area contributed by atoms with Crippen LogP contribution < -0.4 is 0 Å². The molecule has 0 fully saturated rings. The molecule has 0 bridgehead atoms. The molecule has 0 aliphatic heterocycles. The Kier molecular flexibility index (Phi) is 10.7. The van der Waals surface area contributed by atoms with E-state index in [1.807, 2.05) is 26.0 Å². The predicted molar refractivity (Wildman–Crippen MR) is 143 cm³/mol. The SMILES string of the molecule is CCC[C@H](Cl)COC(=O)c1ccc(-c2cnc(-c3ccc(C(=O)OC[C@@H](Cl)CCC)cc3)nc2)cc1. The Morgan fingerprint density at radius 2 is 1.11 bits per heavy atom. The number of aromatic nitrogens is 2. The lowest BCUT2D eigenvalue weighted by Gasteiger charge is -2.10. The normalized spacial score (nSPS) is 12.6. The maximum atomic E-state index is 12.2. The molecule has 2 aromatic carbocycles. The van der Waals surface area contributed by atoms with Crippen LogP contribution in [0.1, 0.15) is 60.2 Å². The summed E-state index contributed by atoms with van der Waals surface area (Å²) in [7, 11) is 0. The number of alkyl halides is 2. The van der Waals surface area contributed by atoms with Gasteiger partial charge in [0.05, 0.1) is 21.9 Å². The highest BCUT2D eigenvalue weighted by Gasteiger charge is 2.13. The van der Waals surface area contributed by atoms with Gasteiger partial charge in [-0.05, 0) is 42.7 Å². The van der Waals surface area contributed by atoms with Crippen molar-refractivity contribution in [2.24, 2.45) is 0 Å². The molecule has 0 saturated carbocycles. The molecule has 0 spiro atoms. The van der Waals surface area contributed by atoms with Crippen molar-refractivity contribution in [3.8, 4) is 22.5 Å². The third-order valence-electron chi connectivity index (χ3n) is 5.48. The molecular weight excluding hydrogens is 499 g/mol. The lowest BCUT2D eigenvalue weighted by Crippen LogP contribution is -2.14. The number of nitrogens with zero attached hydrogens (tertiary/aromatic N) is 2. The second-order valence-corrected chi connectivity index (χ2v) is 9.65. The molecule has 2 atom stereocenters. The Morgan fingerprint density at radius 3 is 1.53 bits per heavy atom. The summed E-state index contributed by atoms with van der Waals surface area (Å²) in [6, 6.07) is 14.0. The molecule has 1 heterocycles. The molecular formula is C28H30Cl2N2O4. The molecule has 1 aromatic heterocycles. The number of rotatable bonds is 12. The quantitative estimate of drug-likeness (QED) is 0.187. The molecule has 0 aliphatic rings. The van der Waals surface area contributed by atoms with Crippen molar-refractivity contribution in [3.05, 3.63) is 72.1 Å². The van der Waals surface area contributed by atoms with E-state index in [-0.39, 0.29) is 24.0 Å². The minimum Gasteiger partial charge on any atom is -0.461 e. The molecule has 0 unspecified atom stereocenters. The molecule has 0 aliphatic carbocycles. The van der Waals surface area contributed by atoms with E-state index in [0.717, 1.165) is 42.4 Å². The first-order valence-corrected chi connectivity index (χ1v) is 12.9. The number of ether oxygens (including phenoxy) is 2. The summed E-state index contributed by atoms with van der Waals surface area (Å²) in [5.41, 5.74) is 3.37. The van der Waals surface area contributed by atoms with Crippen molar-refractivity contribution < 1.29 is 19.1 Å². The van der Waals surface area contributed by atoms with Crippen LogP contribution in [0.15, 0.2) is 60.9 Å². The van der Waals surface area contributed by atoms with Gasteiger partial charge in [-0.15, -0.1) is 23.2 Å². The number of halogens is 2. The number of esters is 2. The van der Waals surface area contributed by atoms with Crippen LogP contribution in [-0.4, -0.2) is 45.9 Å². The Hall–Kier alpha value is -2.96. The first kappa shape index (κ1) is 27.6. The monoisotopic (exact) mass is 528 g/mol. The predicted octanol–water partition coefficient (Wildman–Crippen LogP) is 6.94. The standard InChI is InChI=1S/C28H30Cl2N2O4/c1-3-5-24(29)17-35-27(33)21-11-7-19(8-12-21)23-15-31-26(32-16-23)20-9-13-22(14-10-20)28(34)36-18-25(30)6-4-2/h7-16,24-25H,3-6,17-18H2,1-2H3/t24-,25-/m0/s1. The number of carbonyl (C=O) groups excluding carboxylic acids is 2. The summed E-state index contributed by atoms with van der Waals surface area (Å²) in [5.74, 6) is -0.272. The molecule has 0 saturated heterocycles. The Morgan fingerprint density at radius 1 is 0.694 bits per heavy atom. The summed E-state index contributed by atoms with van der Waals surface area (Å²) in [4.78, 5) is 33.3. The third kappa shape index (κ3) is 8.04. The maximum absolute atomic E-state index is 12.2. The van der Waals surface area contributed by atoms with Gasteiger partial charge >= 0.3 is 11.9 Å². The number of hydrogen-bond donors (Lipinski definition) is 0. The molecule has 190 valence electrons. The highest BCUT2D eigenvalue weighted by atomic mass is 35.5. The topological polar surface area (TPSA) is 78.4 Å². The van der Waals surface area contributed by atoms with E-state index in [1.165, 1.54) is 0 Å². The Bertz CT molecular complexity index is 1030. The van der Waals surface area contributed by atoms with Gasteiger partial charge in [-0.2, -0.15) is 0 Å². The average Bonchev–Trinajstić information content (AvgIpc) is 2.91. The molecule has 0 radical (unpaired) electrons. The van der Waals surface area contributed by atoms with E-state index in [0.29, 0.717) is 17.0 Å². The third-order valence-corrected chi connectivity index (χ3v) is 6.17. The molecule has 0 N–H and O–H groups in total. The van der Waals surface area contributed by atoms with E-state index in [2.05, 4.69) is 9.97 Å². The van der Waals surface area contributed by atoms with Gasteiger partial charge < -0.3 is 9.47 Å². The zero-order chi connectivity index (χ0) is 25.9. The van der Waals surface area contributed by atoms with Crippen LogP contribution in [0.2, 0.25) is 0 Å². The Labute approximate surface area is 222 Å². The van der Waals surface area contributed by atoms with Crippen molar-refractivity contribution >= 4 is 35.1 Å². The second kappa shape index (κ2) is 14.0. The first-order chi connectivity index (χ1) is 17.4. The van der Waals surface area contributed by atoms with Crippen LogP contribution in [0.4, 0.5) is 0 Å². The summed E-state index contributed by atoms with van der Waals surface area (Å²) in [6.07, 6.45) is 6.91.